The third kappa shape index (κ3) is 5.64. The minimum Gasteiger partial charge on any atom is -0.371 e. The second kappa shape index (κ2) is 7.80. The molecule has 0 saturated heterocycles. The molecule has 0 radical (unpaired) electrons. The number of aryl methyl sites for hydroxylation is 1. The zero-order valence-electron chi connectivity index (χ0n) is 14.0. The summed E-state index contributed by atoms with van der Waals surface area (Å²) >= 11 is 0. The van der Waals surface area contributed by atoms with Crippen molar-refractivity contribution in [1.29, 1.82) is 0 Å². The summed E-state index contributed by atoms with van der Waals surface area (Å²) < 4.78 is 6.15. The first-order chi connectivity index (χ1) is 9.37. The second-order valence-electron chi connectivity index (χ2n) is 6.46. The molecule has 0 amide bonds. The summed E-state index contributed by atoms with van der Waals surface area (Å²) in [5, 5.41) is 3.62. The zero-order valence-corrected chi connectivity index (χ0v) is 14.0. The van der Waals surface area contributed by atoms with Crippen LogP contribution in [0.25, 0.3) is 0 Å². The van der Waals surface area contributed by atoms with Crippen LogP contribution in [0, 0.1) is 0 Å². The Morgan fingerprint density at radius 2 is 1.70 bits per heavy atom. The average molecular weight is 277 g/mol. The molecule has 0 aromatic heterocycles. The van der Waals surface area contributed by atoms with E-state index in [4.69, 9.17) is 4.74 Å². The van der Waals surface area contributed by atoms with Gasteiger partial charge in [0.15, 0.2) is 0 Å². The van der Waals surface area contributed by atoms with Crippen molar-refractivity contribution < 1.29 is 4.74 Å². The summed E-state index contributed by atoms with van der Waals surface area (Å²) in [7, 11) is 0. The fourth-order valence-electron chi connectivity index (χ4n) is 2.44. The molecule has 0 aliphatic carbocycles. The smallest absolute Gasteiger partial charge is 0.0748 e. The Morgan fingerprint density at radius 1 is 1.10 bits per heavy atom. The maximum absolute atomic E-state index is 6.15. The minimum atomic E-state index is -0.116. The van der Waals surface area contributed by atoms with Gasteiger partial charge < -0.3 is 10.1 Å². The Hall–Kier alpha value is -0.860. The van der Waals surface area contributed by atoms with E-state index in [0.29, 0.717) is 0 Å². The van der Waals surface area contributed by atoms with Gasteiger partial charge in [0.2, 0.25) is 0 Å². The lowest BCUT2D eigenvalue weighted by molar-refractivity contribution is -0.0669. The van der Waals surface area contributed by atoms with Gasteiger partial charge in [-0.3, -0.25) is 0 Å². The van der Waals surface area contributed by atoms with Gasteiger partial charge in [0, 0.05) is 0 Å². The SMILES string of the molecule is CCCNC(c1ccc(CC)cc1)C(C)OC(C)(C)C. The van der Waals surface area contributed by atoms with Gasteiger partial charge in [-0.15, -0.1) is 0 Å². The van der Waals surface area contributed by atoms with E-state index in [1.165, 1.54) is 11.1 Å². The molecule has 2 atom stereocenters. The Labute approximate surface area is 124 Å². The highest BCUT2D eigenvalue weighted by Crippen LogP contribution is 2.24. The van der Waals surface area contributed by atoms with Gasteiger partial charge in [0.25, 0.3) is 0 Å². The number of hydrogen-bond acceptors (Lipinski definition) is 2. The molecule has 2 nitrogen and oxygen atoms in total. The summed E-state index contributed by atoms with van der Waals surface area (Å²) in [5.41, 5.74) is 2.58. The van der Waals surface area contributed by atoms with Gasteiger partial charge in [-0.1, -0.05) is 38.1 Å². The van der Waals surface area contributed by atoms with Crippen LogP contribution < -0.4 is 5.32 Å². The second-order valence-corrected chi connectivity index (χ2v) is 6.46. The van der Waals surface area contributed by atoms with E-state index in [1.807, 2.05) is 0 Å². The van der Waals surface area contributed by atoms with Crippen LogP contribution >= 0.6 is 0 Å². The molecular weight excluding hydrogens is 246 g/mol. The highest BCUT2D eigenvalue weighted by molar-refractivity contribution is 5.25. The molecule has 0 aliphatic heterocycles. The van der Waals surface area contributed by atoms with Crippen LogP contribution in [0.15, 0.2) is 24.3 Å². The monoisotopic (exact) mass is 277 g/mol. The first-order valence-electron chi connectivity index (χ1n) is 7.87. The van der Waals surface area contributed by atoms with Crippen molar-refractivity contribution in [3.63, 3.8) is 0 Å². The lowest BCUT2D eigenvalue weighted by atomic mass is 9.99. The van der Waals surface area contributed by atoms with Crippen molar-refractivity contribution in [3.05, 3.63) is 35.4 Å². The Morgan fingerprint density at radius 3 is 2.15 bits per heavy atom. The van der Waals surface area contributed by atoms with E-state index in [1.54, 1.807) is 0 Å². The topological polar surface area (TPSA) is 21.3 Å². The molecule has 2 unspecified atom stereocenters. The van der Waals surface area contributed by atoms with Crippen molar-refractivity contribution in [3.8, 4) is 0 Å². The normalized spacial score (nSPS) is 15.1. The van der Waals surface area contributed by atoms with Gasteiger partial charge in [0.05, 0.1) is 17.7 Å². The first kappa shape index (κ1) is 17.2. The largest absolute Gasteiger partial charge is 0.371 e. The molecule has 114 valence electrons. The molecule has 0 fully saturated rings. The standard InChI is InChI=1S/C18H31NO/c1-7-13-19-17(14(3)20-18(4,5)6)16-11-9-15(8-2)10-12-16/h9-12,14,17,19H,7-8,13H2,1-6H3. The Kier molecular flexibility index (Phi) is 6.70. The lowest BCUT2D eigenvalue weighted by Crippen LogP contribution is -2.37. The number of hydrogen-bond donors (Lipinski definition) is 1. The van der Waals surface area contributed by atoms with Crippen molar-refractivity contribution in [2.45, 2.75) is 72.1 Å². The highest BCUT2D eigenvalue weighted by Gasteiger charge is 2.24. The summed E-state index contributed by atoms with van der Waals surface area (Å²) in [6.45, 7) is 13.9. The number of ether oxygens (including phenoxy) is 1. The van der Waals surface area contributed by atoms with E-state index in [0.717, 1.165) is 19.4 Å². The number of nitrogens with one attached hydrogen (secondary N) is 1. The first-order valence-corrected chi connectivity index (χ1v) is 7.87. The van der Waals surface area contributed by atoms with Crippen LogP contribution in [0.4, 0.5) is 0 Å². The molecule has 0 heterocycles. The third-order valence-electron chi connectivity index (χ3n) is 3.37. The van der Waals surface area contributed by atoms with E-state index in [-0.39, 0.29) is 17.7 Å². The number of benzene rings is 1. The zero-order chi connectivity index (χ0) is 15.2. The Balaban J connectivity index is 2.86. The number of rotatable bonds is 7. The molecule has 0 spiro atoms. The maximum atomic E-state index is 6.15. The van der Waals surface area contributed by atoms with Gasteiger partial charge in [-0.2, -0.15) is 0 Å². The van der Waals surface area contributed by atoms with Crippen LogP contribution in [0.5, 0.6) is 0 Å². The molecule has 1 aromatic rings. The van der Waals surface area contributed by atoms with Gasteiger partial charge in [-0.25, -0.2) is 0 Å². The van der Waals surface area contributed by atoms with Crippen molar-refractivity contribution >= 4 is 0 Å². The van der Waals surface area contributed by atoms with Crippen LogP contribution in [0.1, 0.15) is 65.1 Å². The molecule has 20 heavy (non-hydrogen) atoms. The van der Waals surface area contributed by atoms with E-state index < -0.39 is 0 Å². The molecule has 2 heteroatoms. The third-order valence-corrected chi connectivity index (χ3v) is 3.37. The summed E-state index contributed by atoms with van der Waals surface area (Å²) in [6.07, 6.45) is 2.36. The minimum absolute atomic E-state index is 0.116. The summed E-state index contributed by atoms with van der Waals surface area (Å²) in [5.74, 6) is 0. The fourth-order valence-corrected chi connectivity index (χ4v) is 2.44. The highest BCUT2D eigenvalue weighted by atomic mass is 16.5. The molecule has 1 N–H and O–H groups in total. The van der Waals surface area contributed by atoms with Gasteiger partial charge in [0.1, 0.15) is 0 Å². The van der Waals surface area contributed by atoms with E-state index >= 15 is 0 Å². The van der Waals surface area contributed by atoms with Gasteiger partial charge in [-0.05, 0) is 58.2 Å². The molecule has 1 aromatic carbocycles. The van der Waals surface area contributed by atoms with E-state index in [2.05, 4.69) is 71.1 Å². The lowest BCUT2D eigenvalue weighted by Gasteiger charge is -2.32. The fraction of sp³-hybridized carbons (Fsp3) is 0.667. The molecule has 1 rings (SSSR count). The van der Waals surface area contributed by atoms with E-state index in [9.17, 15) is 0 Å². The average Bonchev–Trinajstić information content (AvgIpc) is 2.38. The van der Waals surface area contributed by atoms with Crippen molar-refractivity contribution in [2.75, 3.05) is 6.54 Å². The Bertz CT molecular complexity index is 377. The quantitative estimate of drug-likeness (QED) is 0.792. The van der Waals surface area contributed by atoms with Crippen LogP contribution in [-0.4, -0.2) is 18.2 Å². The molecule has 0 aliphatic rings. The summed E-state index contributed by atoms with van der Waals surface area (Å²) in [6, 6.07) is 9.16. The van der Waals surface area contributed by atoms with Crippen LogP contribution in [0.2, 0.25) is 0 Å². The van der Waals surface area contributed by atoms with Gasteiger partial charge >= 0.3 is 0 Å². The van der Waals surface area contributed by atoms with Crippen molar-refractivity contribution in [2.24, 2.45) is 0 Å². The predicted octanol–water partition coefficient (Wildman–Crippen LogP) is 4.49. The molecule has 0 saturated carbocycles. The maximum Gasteiger partial charge on any atom is 0.0748 e. The van der Waals surface area contributed by atoms with Crippen molar-refractivity contribution in [1.82, 2.24) is 5.32 Å². The molecule has 0 bridgehead atoms. The molecular formula is C18H31NO. The van der Waals surface area contributed by atoms with Crippen LogP contribution in [0.3, 0.4) is 0 Å². The van der Waals surface area contributed by atoms with Crippen LogP contribution in [-0.2, 0) is 11.2 Å². The predicted molar refractivity (Wildman–Crippen MR) is 87.2 cm³/mol. The summed E-state index contributed by atoms with van der Waals surface area (Å²) in [4.78, 5) is 0.